The number of nitrogen functional groups attached to an aromatic ring is 1. The van der Waals surface area contributed by atoms with E-state index in [1.165, 1.54) is 17.5 Å². The molecule has 1 unspecified atom stereocenters. The van der Waals surface area contributed by atoms with E-state index in [1.54, 1.807) is 48.5 Å². The second kappa shape index (κ2) is 9.96. The van der Waals surface area contributed by atoms with Crippen LogP contribution in [0.2, 0.25) is 5.02 Å². The molecule has 4 aromatic rings. The summed E-state index contributed by atoms with van der Waals surface area (Å²) in [6.45, 7) is -0.500. The number of aromatic nitrogens is 3. The van der Waals surface area contributed by atoms with E-state index in [0.29, 0.717) is 34.2 Å². The van der Waals surface area contributed by atoms with Gasteiger partial charge in [0.15, 0.2) is 6.61 Å². The zero-order valence-electron chi connectivity index (χ0n) is 18.7. The van der Waals surface area contributed by atoms with Gasteiger partial charge in [-0.05, 0) is 42.0 Å². The van der Waals surface area contributed by atoms with Gasteiger partial charge in [-0.25, -0.2) is 14.8 Å². The molecule has 0 aliphatic carbocycles. The average Bonchev–Trinajstić information content (AvgIpc) is 3.58. The van der Waals surface area contributed by atoms with Crippen molar-refractivity contribution >= 4 is 35.1 Å². The van der Waals surface area contributed by atoms with E-state index in [4.69, 9.17) is 26.5 Å². The summed E-state index contributed by atoms with van der Waals surface area (Å²) in [6, 6.07) is 16.8. The number of furan rings is 1. The van der Waals surface area contributed by atoms with Crippen LogP contribution in [0.15, 0.2) is 82.6 Å². The molecule has 2 aromatic heterocycles. The molecule has 1 amide bonds. The molecule has 180 valence electrons. The van der Waals surface area contributed by atoms with Gasteiger partial charge in [0, 0.05) is 17.0 Å². The summed E-state index contributed by atoms with van der Waals surface area (Å²) < 4.78 is 10.9. The summed E-state index contributed by atoms with van der Waals surface area (Å²) >= 11 is 6.00. The lowest BCUT2D eigenvalue weighted by Crippen LogP contribution is -2.31. The van der Waals surface area contributed by atoms with Crippen LogP contribution in [0.3, 0.4) is 0 Å². The summed E-state index contributed by atoms with van der Waals surface area (Å²) in [5, 5.41) is 13.8. The number of carbonyl (C=O) groups is 2. The number of nitrogens with zero attached hydrogens (tertiary/aromatic N) is 5. The highest BCUT2D eigenvalue weighted by Gasteiger charge is 2.35. The van der Waals surface area contributed by atoms with Gasteiger partial charge in [-0.3, -0.25) is 4.79 Å². The fourth-order valence-electron chi connectivity index (χ4n) is 3.80. The number of hydrazone groups is 1. The number of ether oxygens (including phenoxy) is 1. The van der Waals surface area contributed by atoms with Crippen LogP contribution < -0.4 is 5.73 Å². The molecule has 0 saturated heterocycles. The highest BCUT2D eigenvalue weighted by atomic mass is 35.5. The van der Waals surface area contributed by atoms with E-state index in [0.717, 1.165) is 5.56 Å². The van der Waals surface area contributed by atoms with Gasteiger partial charge in [0.2, 0.25) is 5.95 Å². The second-order valence-corrected chi connectivity index (χ2v) is 8.32. The number of benzene rings is 2. The van der Waals surface area contributed by atoms with E-state index in [2.05, 4.69) is 20.3 Å². The number of hydrogen-bond donors (Lipinski definition) is 1. The normalized spacial score (nSPS) is 15.0. The van der Waals surface area contributed by atoms with Gasteiger partial charge in [0.05, 0.1) is 29.4 Å². The number of rotatable bonds is 6. The maximum Gasteiger partial charge on any atom is 0.338 e. The third kappa shape index (κ3) is 4.93. The third-order valence-corrected chi connectivity index (χ3v) is 5.76. The SMILES string of the molecule is Nc1nncc(-c2cccc(C(=O)OCC(=O)N3N=C(c4ccc(Cl)cc4)CC3c3ccco3)c2)n1. The molecule has 36 heavy (non-hydrogen) atoms. The smallest absolute Gasteiger partial charge is 0.338 e. The molecule has 11 heteroatoms. The van der Waals surface area contributed by atoms with Crippen molar-refractivity contribution < 1.29 is 18.7 Å². The van der Waals surface area contributed by atoms with E-state index >= 15 is 0 Å². The van der Waals surface area contributed by atoms with E-state index in [-0.39, 0.29) is 11.5 Å². The van der Waals surface area contributed by atoms with Gasteiger partial charge < -0.3 is 14.9 Å². The van der Waals surface area contributed by atoms with Crippen LogP contribution in [0, 0.1) is 0 Å². The number of esters is 1. The Bertz CT molecular complexity index is 1440. The monoisotopic (exact) mass is 502 g/mol. The fraction of sp³-hybridized carbons (Fsp3) is 0.120. The fourth-order valence-corrected chi connectivity index (χ4v) is 3.92. The standard InChI is InChI=1S/C25H19ClN6O4/c26-18-8-6-15(7-9-18)19-12-21(22-5-2-10-35-22)32(31-19)23(33)14-36-24(34)17-4-1-3-16(11-17)20-13-28-30-25(27)29-20/h1-11,13,21H,12,14H2,(H2,27,29,30). The van der Waals surface area contributed by atoms with Gasteiger partial charge in [-0.1, -0.05) is 35.9 Å². The van der Waals surface area contributed by atoms with Crippen LogP contribution in [0.1, 0.15) is 34.1 Å². The summed E-state index contributed by atoms with van der Waals surface area (Å²) in [5.41, 5.74) is 8.42. The van der Waals surface area contributed by atoms with Crippen molar-refractivity contribution in [1.82, 2.24) is 20.2 Å². The molecule has 5 rings (SSSR count). The minimum absolute atomic E-state index is 0.0151. The number of carbonyl (C=O) groups excluding carboxylic acids is 2. The molecule has 1 aliphatic rings. The Hall–Kier alpha value is -4.57. The molecule has 0 radical (unpaired) electrons. The Morgan fingerprint density at radius 3 is 2.69 bits per heavy atom. The lowest BCUT2D eigenvalue weighted by molar-refractivity contribution is -0.136. The molecule has 2 aromatic carbocycles. The molecule has 3 heterocycles. The zero-order chi connectivity index (χ0) is 25.1. The van der Waals surface area contributed by atoms with Crippen molar-refractivity contribution in [3.05, 3.63) is 95.0 Å². The van der Waals surface area contributed by atoms with Crippen molar-refractivity contribution in [2.75, 3.05) is 12.3 Å². The highest BCUT2D eigenvalue weighted by Crippen LogP contribution is 2.33. The quantitative estimate of drug-likeness (QED) is 0.392. The topological polar surface area (TPSA) is 137 Å². The van der Waals surface area contributed by atoms with E-state index in [1.807, 2.05) is 12.1 Å². The van der Waals surface area contributed by atoms with Crippen LogP contribution in [0.4, 0.5) is 5.95 Å². The molecule has 0 saturated carbocycles. The van der Waals surface area contributed by atoms with E-state index < -0.39 is 24.5 Å². The molecule has 1 atom stereocenters. The summed E-state index contributed by atoms with van der Waals surface area (Å²) in [4.78, 5) is 29.9. The predicted octanol–water partition coefficient (Wildman–Crippen LogP) is 3.90. The Labute approximate surface area is 210 Å². The van der Waals surface area contributed by atoms with Crippen LogP contribution in [0.5, 0.6) is 0 Å². The summed E-state index contributed by atoms with van der Waals surface area (Å²) in [6.07, 6.45) is 3.40. The van der Waals surface area contributed by atoms with Crippen LogP contribution in [-0.4, -0.2) is 44.4 Å². The first kappa shape index (κ1) is 23.2. The van der Waals surface area contributed by atoms with Gasteiger partial charge in [-0.15, -0.1) is 5.10 Å². The summed E-state index contributed by atoms with van der Waals surface area (Å²) in [7, 11) is 0. The number of nitrogens with two attached hydrogens (primary N) is 1. The first-order valence-electron chi connectivity index (χ1n) is 10.9. The molecule has 1 aliphatic heterocycles. The highest BCUT2D eigenvalue weighted by molar-refractivity contribution is 6.30. The molecular formula is C25H19ClN6O4. The Balaban J connectivity index is 1.31. The Morgan fingerprint density at radius 2 is 1.94 bits per heavy atom. The van der Waals surface area contributed by atoms with Crippen molar-refractivity contribution in [2.45, 2.75) is 12.5 Å². The molecule has 10 nitrogen and oxygen atoms in total. The van der Waals surface area contributed by atoms with Crippen molar-refractivity contribution in [3.8, 4) is 11.3 Å². The number of anilines is 1. The zero-order valence-corrected chi connectivity index (χ0v) is 19.5. The minimum atomic E-state index is -0.671. The van der Waals surface area contributed by atoms with E-state index in [9.17, 15) is 9.59 Å². The molecule has 0 spiro atoms. The largest absolute Gasteiger partial charge is 0.467 e. The van der Waals surface area contributed by atoms with Gasteiger partial charge in [0.25, 0.3) is 5.91 Å². The summed E-state index contributed by atoms with van der Waals surface area (Å²) in [5.74, 6) is -0.567. The molecule has 2 N–H and O–H groups in total. The van der Waals surface area contributed by atoms with Crippen molar-refractivity contribution in [3.63, 3.8) is 0 Å². The maximum atomic E-state index is 13.1. The first-order chi connectivity index (χ1) is 17.5. The minimum Gasteiger partial charge on any atom is -0.467 e. The molecule has 0 fully saturated rings. The maximum absolute atomic E-state index is 13.1. The van der Waals surface area contributed by atoms with Crippen LogP contribution in [-0.2, 0) is 9.53 Å². The third-order valence-electron chi connectivity index (χ3n) is 5.51. The van der Waals surface area contributed by atoms with Crippen molar-refractivity contribution in [1.29, 1.82) is 0 Å². The van der Waals surface area contributed by atoms with Gasteiger partial charge >= 0.3 is 5.97 Å². The first-order valence-corrected chi connectivity index (χ1v) is 11.3. The Morgan fingerprint density at radius 1 is 1.11 bits per heavy atom. The van der Waals surface area contributed by atoms with Crippen LogP contribution in [0.25, 0.3) is 11.3 Å². The van der Waals surface area contributed by atoms with Gasteiger partial charge in [-0.2, -0.15) is 10.2 Å². The van der Waals surface area contributed by atoms with Crippen molar-refractivity contribution in [2.24, 2.45) is 5.10 Å². The number of halogens is 1. The lowest BCUT2D eigenvalue weighted by atomic mass is 10.0. The van der Waals surface area contributed by atoms with Crippen LogP contribution >= 0.6 is 11.6 Å². The number of hydrogen-bond acceptors (Lipinski definition) is 9. The predicted molar refractivity (Wildman–Crippen MR) is 131 cm³/mol. The second-order valence-electron chi connectivity index (χ2n) is 7.88. The molecular weight excluding hydrogens is 484 g/mol. The Kier molecular flexibility index (Phi) is 6.42. The lowest BCUT2D eigenvalue weighted by Gasteiger charge is -2.19. The number of amides is 1. The van der Waals surface area contributed by atoms with Gasteiger partial charge in [0.1, 0.15) is 11.8 Å². The molecule has 0 bridgehead atoms. The average molecular weight is 503 g/mol.